The summed E-state index contributed by atoms with van der Waals surface area (Å²) in [5.41, 5.74) is 0. The van der Waals surface area contributed by atoms with E-state index < -0.39 is 0 Å². The van der Waals surface area contributed by atoms with Crippen molar-refractivity contribution in [3.05, 3.63) is 6.20 Å². The standard InChI is InChI=1S/C13H26N4O5/c1-14-13-12-17(16-15-13)2-4-19-6-8-21-10-11-22-9-7-20-5-3-18/h12,14,18H,2-11H2,1H3. The summed E-state index contributed by atoms with van der Waals surface area (Å²) in [7, 11) is 1.80. The molecule has 9 nitrogen and oxygen atoms in total. The molecule has 0 saturated carbocycles. The Bertz CT molecular complexity index is 364. The van der Waals surface area contributed by atoms with E-state index in [1.807, 2.05) is 6.20 Å². The molecule has 1 aromatic rings. The Labute approximate surface area is 130 Å². The van der Waals surface area contributed by atoms with Crippen LogP contribution in [0.3, 0.4) is 0 Å². The first-order valence-electron chi connectivity index (χ1n) is 7.36. The van der Waals surface area contributed by atoms with Crippen LogP contribution in [0.1, 0.15) is 0 Å². The highest BCUT2D eigenvalue weighted by Crippen LogP contribution is 1.97. The Hall–Kier alpha value is -1.26. The van der Waals surface area contributed by atoms with Crippen molar-refractivity contribution in [2.45, 2.75) is 6.54 Å². The molecule has 0 aliphatic rings. The molecule has 0 amide bonds. The van der Waals surface area contributed by atoms with Crippen molar-refractivity contribution in [1.29, 1.82) is 0 Å². The second-order valence-corrected chi connectivity index (χ2v) is 4.29. The summed E-state index contributed by atoms with van der Waals surface area (Å²) in [6.07, 6.45) is 1.82. The van der Waals surface area contributed by atoms with Gasteiger partial charge in [-0.1, -0.05) is 5.21 Å². The van der Waals surface area contributed by atoms with Gasteiger partial charge < -0.3 is 29.4 Å². The molecule has 0 spiro atoms. The van der Waals surface area contributed by atoms with E-state index in [1.54, 1.807) is 11.7 Å². The molecule has 0 radical (unpaired) electrons. The van der Waals surface area contributed by atoms with Crippen molar-refractivity contribution < 1.29 is 24.1 Å². The summed E-state index contributed by atoms with van der Waals surface area (Å²) < 4.78 is 22.8. The van der Waals surface area contributed by atoms with Gasteiger partial charge >= 0.3 is 0 Å². The maximum atomic E-state index is 8.50. The van der Waals surface area contributed by atoms with Crippen LogP contribution in [0.25, 0.3) is 0 Å². The highest BCUT2D eigenvalue weighted by molar-refractivity contribution is 5.27. The van der Waals surface area contributed by atoms with Gasteiger partial charge in [-0.2, -0.15) is 0 Å². The Morgan fingerprint density at radius 1 is 0.955 bits per heavy atom. The number of ether oxygens (including phenoxy) is 4. The van der Waals surface area contributed by atoms with Crippen molar-refractivity contribution in [3.8, 4) is 0 Å². The molecule has 0 unspecified atom stereocenters. The Morgan fingerprint density at radius 2 is 1.50 bits per heavy atom. The lowest BCUT2D eigenvalue weighted by molar-refractivity contribution is -0.00629. The molecule has 0 aliphatic heterocycles. The third kappa shape index (κ3) is 9.64. The lowest BCUT2D eigenvalue weighted by Crippen LogP contribution is -2.14. The summed E-state index contributed by atoms with van der Waals surface area (Å²) in [6, 6.07) is 0. The molecule has 1 aromatic heterocycles. The quantitative estimate of drug-likeness (QED) is 0.413. The maximum Gasteiger partial charge on any atom is 0.168 e. The van der Waals surface area contributed by atoms with E-state index in [-0.39, 0.29) is 6.61 Å². The van der Waals surface area contributed by atoms with Crippen LogP contribution in [0.5, 0.6) is 0 Å². The highest BCUT2D eigenvalue weighted by Gasteiger charge is 1.97. The van der Waals surface area contributed by atoms with Crippen molar-refractivity contribution in [3.63, 3.8) is 0 Å². The third-order valence-electron chi connectivity index (χ3n) is 2.61. The number of hydrogen-bond acceptors (Lipinski definition) is 8. The zero-order valence-corrected chi connectivity index (χ0v) is 13.1. The first kappa shape index (κ1) is 18.8. The first-order chi connectivity index (χ1) is 10.9. The largest absolute Gasteiger partial charge is 0.394 e. The van der Waals surface area contributed by atoms with E-state index in [9.17, 15) is 0 Å². The Kier molecular flexibility index (Phi) is 11.4. The van der Waals surface area contributed by atoms with E-state index in [2.05, 4.69) is 15.6 Å². The summed E-state index contributed by atoms with van der Waals surface area (Å²) in [6.45, 7) is 4.72. The van der Waals surface area contributed by atoms with Crippen molar-refractivity contribution >= 4 is 5.82 Å². The number of hydrogen-bond donors (Lipinski definition) is 2. The van der Waals surface area contributed by atoms with Gasteiger partial charge in [0.15, 0.2) is 5.82 Å². The zero-order chi connectivity index (χ0) is 15.9. The van der Waals surface area contributed by atoms with E-state index in [0.717, 1.165) is 5.82 Å². The van der Waals surface area contributed by atoms with Gasteiger partial charge in [0, 0.05) is 7.05 Å². The Morgan fingerprint density at radius 3 is 2.00 bits per heavy atom. The van der Waals surface area contributed by atoms with Crippen molar-refractivity contribution in [2.24, 2.45) is 0 Å². The van der Waals surface area contributed by atoms with Gasteiger partial charge in [0.2, 0.25) is 0 Å². The first-order valence-corrected chi connectivity index (χ1v) is 7.36. The Balaban J connectivity index is 1.78. The number of nitrogens with one attached hydrogen (secondary N) is 1. The molecule has 1 rings (SSSR count). The van der Waals surface area contributed by atoms with Crippen molar-refractivity contribution in [1.82, 2.24) is 15.0 Å². The molecule has 128 valence electrons. The minimum atomic E-state index is 0.0384. The number of aliphatic hydroxyl groups excluding tert-OH is 1. The van der Waals surface area contributed by atoms with Crippen LogP contribution < -0.4 is 5.32 Å². The molecular weight excluding hydrogens is 292 g/mol. The van der Waals surface area contributed by atoms with Crippen LogP contribution in [-0.2, 0) is 25.5 Å². The van der Waals surface area contributed by atoms with Gasteiger partial charge in [0.1, 0.15) is 0 Å². The molecule has 0 aromatic carbocycles. The molecular formula is C13H26N4O5. The average molecular weight is 318 g/mol. The molecule has 0 saturated heterocycles. The second-order valence-electron chi connectivity index (χ2n) is 4.29. The SMILES string of the molecule is CNc1cn(CCOCCOCCOCCOCCO)nn1. The van der Waals surface area contributed by atoms with Crippen LogP contribution in [0, 0.1) is 0 Å². The number of anilines is 1. The van der Waals surface area contributed by atoms with Crippen LogP contribution in [0.2, 0.25) is 0 Å². The topological polar surface area (TPSA) is 99.9 Å². The number of rotatable bonds is 15. The molecule has 22 heavy (non-hydrogen) atoms. The normalized spacial score (nSPS) is 11.0. The predicted octanol–water partition coefficient (Wildman–Crippen LogP) is -0.621. The average Bonchev–Trinajstić information content (AvgIpc) is 3.00. The van der Waals surface area contributed by atoms with Crippen LogP contribution in [0.15, 0.2) is 6.20 Å². The fourth-order valence-corrected chi connectivity index (χ4v) is 1.51. The summed E-state index contributed by atoms with van der Waals surface area (Å²) >= 11 is 0. The van der Waals surface area contributed by atoms with Gasteiger partial charge in [0.05, 0.1) is 72.2 Å². The third-order valence-corrected chi connectivity index (χ3v) is 2.61. The monoisotopic (exact) mass is 318 g/mol. The molecule has 0 atom stereocenters. The molecule has 0 fully saturated rings. The zero-order valence-electron chi connectivity index (χ0n) is 13.1. The minimum absolute atomic E-state index is 0.0384. The van der Waals surface area contributed by atoms with Crippen LogP contribution >= 0.6 is 0 Å². The summed E-state index contributed by atoms with van der Waals surface area (Å²) in [5.74, 6) is 0.741. The van der Waals surface area contributed by atoms with Crippen LogP contribution in [0.4, 0.5) is 5.82 Å². The van der Waals surface area contributed by atoms with Crippen LogP contribution in [-0.4, -0.2) is 86.6 Å². The summed E-state index contributed by atoms with van der Waals surface area (Å²) in [5, 5.41) is 19.2. The van der Waals surface area contributed by atoms with Crippen molar-refractivity contribution in [2.75, 3.05) is 71.8 Å². The summed E-state index contributed by atoms with van der Waals surface area (Å²) in [4.78, 5) is 0. The van der Waals surface area contributed by atoms with E-state index in [4.69, 9.17) is 24.1 Å². The lowest BCUT2D eigenvalue weighted by Gasteiger charge is -2.07. The second kappa shape index (κ2) is 13.4. The van der Waals surface area contributed by atoms with E-state index in [0.29, 0.717) is 59.4 Å². The molecule has 2 N–H and O–H groups in total. The number of nitrogens with zero attached hydrogens (tertiary/aromatic N) is 3. The fraction of sp³-hybridized carbons (Fsp3) is 0.846. The van der Waals surface area contributed by atoms with E-state index in [1.165, 1.54) is 0 Å². The number of aromatic nitrogens is 3. The minimum Gasteiger partial charge on any atom is -0.394 e. The van der Waals surface area contributed by atoms with Gasteiger partial charge in [-0.25, -0.2) is 4.68 Å². The smallest absolute Gasteiger partial charge is 0.168 e. The molecule has 9 heteroatoms. The van der Waals surface area contributed by atoms with Gasteiger partial charge in [-0.15, -0.1) is 5.10 Å². The number of aliphatic hydroxyl groups is 1. The molecule has 0 bridgehead atoms. The predicted molar refractivity (Wildman–Crippen MR) is 79.9 cm³/mol. The molecule has 1 heterocycles. The fourth-order valence-electron chi connectivity index (χ4n) is 1.51. The van der Waals surface area contributed by atoms with Gasteiger partial charge in [-0.3, -0.25) is 0 Å². The van der Waals surface area contributed by atoms with Gasteiger partial charge in [-0.05, 0) is 0 Å². The molecule has 0 aliphatic carbocycles. The highest BCUT2D eigenvalue weighted by atomic mass is 16.6. The van der Waals surface area contributed by atoms with E-state index >= 15 is 0 Å². The maximum absolute atomic E-state index is 8.50. The lowest BCUT2D eigenvalue weighted by atomic mass is 10.6. The van der Waals surface area contributed by atoms with Gasteiger partial charge in [0.25, 0.3) is 0 Å².